The van der Waals surface area contributed by atoms with Gasteiger partial charge in [0.2, 0.25) is 0 Å². The number of allylic oxidation sites excluding steroid dienone is 4. The topological polar surface area (TPSA) is 24.7 Å². The zero-order valence-corrected chi connectivity index (χ0v) is 8.36. The van der Waals surface area contributed by atoms with Crippen molar-refractivity contribution in [2.45, 2.75) is 13.8 Å². The molecule has 0 saturated carbocycles. The van der Waals surface area contributed by atoms with Crippen LogP contribution in [0.5, 0.6) is 0 Å². The average Bonchev–Trinajstić information content (AvgIpc) is 2.49. The van der Waals surface area contributed by atoms with Gasteiger partial charge in [-0.3, -0.25) is 9.98 Å². The summed E-state index contributed by atoms with van der Waals surface area (Å²) in [5.74, 6) is 0. The van der Waals surface area contributed by atoms with E-state index < -0.39 is 0 Å². The molecular weight excluding hydrogens is 172 g/mol. The third kappa shape index (κ3) is 0.649. The summed E-state index contributed by atoms with van der Waals surface area (Å²) in [6.45, 7) is 4.45. The highest BCUT2D eigenvalue weighted by Gasteiger charge is 2.54. The predicted molar refractivity (Wildman–Crippen MR) is 58.5 cm³/mol. The largest absolute Gasteiger partial charge is 0.259 e. The molecule has 0 aromatic carbocycles. The van der Waals surface area contributed by atoms with Crippen molar-refractivity contribution in [2.75, 3.05) is 0 Å². The van der Waals surface area contributed by atoms with Gasteiger partial charge in [0.15, 0.2) is 0 Å². The Labute approximate surface area is 83.5 Å². The van der Waals surface area contributed by atoms with E-state index in [1.807, 2.05) is 0 Å². The minimum atomic E-state index is -0.0451. The van der Waals surface area contributed by atoms with Crippen LogP contribution < -0.4 is 0 Å². The molecule has 70 valence electrons. The highest BCUT2D eigenvalue weighted by molar-refractivity contribution is 6.24. The molecule has 2 nitrogen and oxygen atoms in total. The highest BCUT2D eigenvalue weighted by Crippen LogP contribution is 2.53. The van der Waals surface area contributed by atoms with E-state index in [0.29, 0.717) is 0 Å². The lowest BCUT2D eigenvalue weighted by Crippen LogP contribution is -2.39. The molecule has 2 heteroatoms. The molecule has 0 radical (unpaired) electrons. The van der Waals surface area contributed by atoms with E-state index in [1.165, 1.54) is 0 Å². The van der Waals surface area contributed by atoms with E-state index >= 15 is 0 Å². The number of rotatable bonds is 0. The van der Waals surface area contributed by atoms with Crippen LogP contribution >= 0.6 is 0 Å². The monoisotopic (exact) mass is 184 g/mol. The summed E-state index contributed by atoms with van der Waals surface area (Å²) >= 11 is 0. The number of aliphatic imine (C=N–C) groups is 2. The standard InChI is InChI=1S/C12H12N2/c1-11-5-3-9-12(11,2)10(4-6-11)14-8-7-13-9/h3-8H,1-2H3. The van der Waals surface area contributed by atoms with E-state index in [4.69, 9.17) is 0 Å². The van der Waals surface area contributed by atoms with Crippen LogP contribution in [0.2, 0.25) is 0 Å². The first kappa shape index (κ1) is 7.92. The summed E-state index contributed by atoms with van der Waals surface area (Å²) in [7, 11) is 0. The first-order chi connectivity index (χ1) is 6.67. The molecule has 0 aromatic rings. The van der Waals surface area contributed by atoms with Crippen LogP contribution in [-0.4, -0.2) is 11.4 Å². The quantitative estimate of drug-likeness (QED) is 0.552. The molecule has 0 aromatic heterocycles. The van der Waals surface area contributed by atoms with E-state index in [1.54, 1.807) is 12.4 Å². The summed E-state index contributed by atoms with van der Waals surface area (Å²) in [5, 5.41) is 0. The fraction of sp³-hybridized carbons (Fsp3) is 0.333. The van der Waals surface area contributed by atoms with Crippen LogP contribution in [0, 0.1) is 10.8 Å². The van der Waals surface area contributed by atoms with Crippen molar-refractivity contribution in [3.8, 4) is 0 Å². The van der Waals surface area contributed by atoms with Gasteiger partial charge >= 0.3 is 0 Å². The Kier molecular flexibility index (Phi) is 1.21. The molecule has 14 heavy (non-hydrogen) atoms. The Balaban J connectivity index is 2.34. The van der Waals surface area contributed by atoms with Gasteiger partial charge in [0.25, 0.3) is 0 Å². The Hall–Kier alpha value is -1.44. The summed E-state index contributed by atoms with van der Waals surface area (Å²) < 4.78 is 0. The Morgan fingerprint density at radius 1 is 0.929 bits per heavy atom. The summed E-state index contributed by atoms with van der Waals surface area (Å²) in [6.07, 6.45) is 12.2. The fourth-order valence-corrected chi connectivity index (χ4v) is 2.48. The maximum Gasteiger partial charge on any atom is 0.0642 e. The summed E-state index contributed by atoms with van der Waals surface area (Å²) in [4.78, 5) is 8.88. The molecule has 0 fully saturated rings. The number of nitrogens with zero attached hydrogens (tertiary/aromatic N) is 2. The van der Waals surface area contributed by atoms with Crippen LogP contribution in [0.25, 0.3) is 0 Å². The molecule has 3 rings (SSSR count). The van der Waals surface area contributed by atoms with Gasteiger partial charge in [-0.05, 0) is 19.1 Å². The van der Waals surface area contributed by atoms with Crippen molar-refractivity contribution in [2.24, 2.45) is 20.8 Å². The molecular formula is C12H12N2. The zero-order chi connectivity index (χ0) is 9.81. The van der Waals surface area contributed by atoms with Gasteiger partial charge in [-0.1, -0.05) is 19.1 Å². The second-order valence-electron chi connectivity index (χ2n) is 4.40. The lowest BCUT2D eigenvalue weighted by atomic mass is 9.68. The number of hydrogen-bond acceptors (Lipinski definition) is 2. The van der Waals surface area contributed by atoms with E-state index in [2.05, 4.69) is 48.1 Å². The van der Waals surface area contributed by atoms with Gasteiger partial charge in [0.1, 0.15) is 0 Å². The fourth-order valence-electron chi connectivity index (χ4n) is 2.48. The van der Waals surface area contributed by atoms with Crippen LogP contribution in [0.15, 0.2) is 46.7 Å². The molecule has 0 amide bonds. The van der Waals surface area contributed by atoms with Crippen LogP contribution in [-0.2, 0) is 0 Å². The molecule has 0 unspecified atom stereocenters. The van der Waals surface area contributed by atoms with E-state index in [-0.39, 0.29) is 10.8 Å². The van der Waals surface area contributed by atoms with E-state index in [9.17, 15) is 0 Å². The smallest absolute Gasteiger partial charge is 0.0642 e. The van der Waals surface area contributed by atoms with Gasteiger partial charge in [0.05, 0.1) is 16.8 Å². The van der Waals surface area contributed by atoms with Gasteiger partial charge in [-0.25, -0.2) is 0 Å². The minimum absolute atomic E-state index is 0.0451. The third-order valence-corrected chi connectivity index (χ3v) is 3.77. The van der Waals surface area contributed by atoms with Gasteiger partial charge in [-0.2, -0.15) is 0 Å². The highest BCUT2D eigenvalue weighted by atomic mass is 14.9. The van der Waals surface area contributed by atoms with Gasteiger partial charge < -0.3 is 0 Å². The minimum Gasteiger partial charge on any atom is -0.259 e. The van der Waals surface area contributed by atoms with Gasteiger partial charge in [0, 0.05) is 17.8 Å². The van der Waals surface area contributed by atoms with Gasteiger partial charge in [-0.15, -0.1) is 0 Å². The van der Waals surface area contributed by atoms with Crippen molar-refractivity contribution in [1.29, 1.82) is 0 Å². The lowest BCUT2D eigenvalue weighted by molar-refractivity contribution is 0.402. The first-order valence-corrected chi connectivity index (χ1v) is 4.87. The molecule has 0 atom stereocenters. The van der Waals surface area contributed by atoms with Crippen molar-refractivity contribution in [3.05, 3.63) is 36.7 Å². The van der Waals surface area contributed by atoms with Crippen molar-refractivity contribution in [3.63, 3.8) is 0 Å². The zero-order valence-electron chi connectivity index (χ0n) is 8.36. The molecule has 1 heterocycles. The SMILES string of the molecule is CC12C=CC3=NC=CN=C(C=C1)C32C. The normalized spacial score (nSPS) is 42.1. The lowest BCUT2D eigenvalue weighted by Gasteiger charge is -2.33. The first-order valence-electron chi connectivity index (χ1n) is 4.87. The maximum absolute atomic E-state index is 4.44. The second kappa shape index (κ2) is 2.14. The Morgan fingerprint density at radius 2 is 1.43 bits per heavy atom. The van der Waals surface area contributed by atoms with Crippen LogP contribution in [0.1, 0.15) is 13.8 Å². The maximum atomic E-state index is 4.44. The molecule has 0 saturated heterocycles. The average molecular weight is 184 g/mol. The van der Waals surface area contributed by atoms with Crippen molar-refractivity contribution >= 4 is 11.4 Å². The molecule has 2 aliphatic carbocycles. The third-order valence-electron chi connectivity index (χ3n) is 3.77. The molecule has 0 spiro atoms. The molecule has 0 N–H and O–H groups in total. The van der Waals surface area contributed by atoms with E-state index in [0.717, 1.165) is 11.4 Å². The van der Waals surface area contributed by atoms with Crippen LogP contribution in [0.4, 0.5) is 0 Å². The Bertz CT molecular complexity index is 413. The molecule has 0 bridgehead atoms. The van der Waals surface area contributed by atoms with Crippen molar-refractivity contribution in [1.82, 2.24) is 0 Å². The van der Waals surface area contributed by atoms with Crippen LogP contribution in [0.3, 0.4) is 0 Å². The van der Waals surface area contributed by atoms with Crippen molar-refractivity contribution < 1.29 is 0 Å². The Morgan fingerprint density at radius 3 is 1.93 bits per heavy atom. The summed E-state index contributed by atoms with van der Waals surface area (Å²) in [5.41, 5.74) is 2.27. The molecule has 3 aliphatic rings. The summed E-state index contributed by atoms with van der Waals surface area (Å²) in [6, 6.07) is 0. The second-order valence-corrected chi connectivity index (χ2v) is 4.40. The number of hydrogen-bond donors (Lipinski definition) is 0. The predicted octanol–water partition coefficient (Wildman–Crippen LogP) is 2.51. The molecule has 1 aliphatic heterocycles.